The van der Waals surface area contributed by atoms with Crippen molar-refractivity contribution in [3.05, 3.63) is 4.88 Å². The molecule has 0 aliphatic carbocycles. The molecule has 1 rings (SSSR count). The SMILES string of the molecule is CCCCN(CC)c1sc(C(=O)NC)c(N)c1OC. The van der Waals surface area contributed by atoms with Crippen LogP contribution in [0.15, 0.2) is 0 Å². The fourth-order valence-corrected chi connectivity index (χ4v) is 3.08. The van der Waals surface area contributed by atoms with Crippen molar-refractivity contribution in [2.45, 2.75) is 26.7 Å². The number of carbonyl (C=O) groups excluding carboxylic acids is 1. The van der Waals surface area contributed by atoms with Crippen molar-refractivity contribution in [2.75, 3.05) is 37.9 Å². The molecule has 0 unspecified atom stereocenters. The van der Waals surface area contributed by atoms with Gasteiger partial charge < -0.3 is 20.7 Å². The summed E-state index contributed by atoms with van der Waals surface area (Å²) in [7, 11) is 3.19. The van der Waals surface area contributed by atoms with Crippen LogP contribution in [-0.2, 0) is 0 Å². The molecule has 1 aromatic heterocycles. The highest BCUT2D eigenvalue weighted by molar-refractivity contribution is 7.19. The van der Waals surface area contributed by atoms with E-state index in [1.165, 1.54) is 11.3 Å². The first-order valence-electron chi connectivity index (χ1n) is 6.53. The highest BCUT2D eigenvalue weighted by Gasteiger charge is 2.23. The third-order valence-electron chi connectivity index (χ3n) is 2.97. The van der Waals surface area contributed by atoms with Gasteiger partial charge in [-0.05, 0) is 13.3 Å². The molecule has 3 N–H and O–H groups in total. The van der Waals surface area contributed by atoms with E-state index in [2.05, 4.69) is 24.1 Å². The van der Waals surface area contributed by atoms with Gasteiger partial charge in [0.2, 0.25) is 0 Å². The number of rotatable bonds is 7. The largest absolute Gasteiger partial charge is 0.492 e. The van der Waals surface area contributed by atoms with Gasteiger partial charge in [0, 0.05) is 20.1 Å². The monoisotopic (exact) mass is 285 g/mol. The second kappa shape index (κ2) is 7.23. The molecule has 0 aliphatic heterocycles. The number of nitrogens with one attached hydrogen (secondary N) is 1. The van der Waals surface area contributed by atoms with Crippen LogP contribution in [0.1, 0.15) is 36.4 Å². The van der Waals surface area contributed by atoms with Gasteiger partial charge in [0.1, 0.15) is 15.6 Å². The molecular formula is C13H23N3O2S. The maximum Gasteiger partial charge on any atom is 0.263 e. The van der Waals surface area contributed by atoms with E-state index in [9.17, 15) is 4.79 Å². The van der Waals surface area contributed by atoms with Crippen LogP contribution in [0.3, 0.4) is 0 Å². The molecule has 6 heteroatoms. The molecule has 1 amide bonds. The molecule has 0 saturated heterocycles. The molecule has 0 aromatic carbocycles. The van der Waals surface area contributed by atoms with Crippen molar-refractivity contribution in [3.8, 4) is 5.75 Å². The summed E-state index contributed by atoms with van der Waals surface area (Å²) in [6.07, 6.45) is 2.23. The van der Waals surface area contributed by atoms with Crippen molar-refractivity contribution in [1.82, 2.24) is 5.32 Å². The number of amides is 1. The van der Waals surface area contributed by atoms with Crippen molar-refractivity contribution < 1.29 is 9.53 Å². The van der Waals surface area contributed by atoms with Crippen LogP contribution in [-0.4, -0.2) is 33.2 Å². The van der Waals surface area contributed by atoms with Crippen LogP contribution >= 0.6 is 11.3 Å². The minimum absolute atomic E-state index is 0.168. The average Bonchev–Trinajstić information content (AvgIpc) is 2.76. The summed E-state index contributed by atoms with van der Waals surface area (Å²) in [5.74, 6) is 0.445. The fraction of sp³-hybridized carbons (Fsp3) is 0.615. The van der Waals surface area contributed by atoms with Crippen LogP contribution in [0.2, 0.25) is 0 Å². The fourth-order valence-electron chi connectivity index (χ4n) is 1.86. The Labute approximate surface area is 118 Å². The predicted molar refractivity (Wildman–Crippen MR) is 81.5 cm³/mol. The smallest absolute Gasteiger partial charge is 0.263 e. The molecule has 0 radical (unpaired) electrons. The summed E-state index contributed by atoms with van der Waals surface area (Å²) in [6.45, 7) is 6.05. The number of thiophene rings is 1. The van der Waals surface area contributed by atoms with Gasteiger partial charge in [0.15, 0.2) is 5.75 Å². The van der Waals surface area contributed by atoms with E-state index in [0.717, 1.165) is 30.9 Å². The highest BCUT2D eigenvalue weighted by atomic mass is 32.1. The summed E-state index contributed by atoms with van der Waals surface area (Å²) < 4.78 is 5.38. The van der Waals surface area contributed by atoms with Gasteiger partial charge >= 0.3 is 0 Å². The minimum atomic E-state index is -0.168. The molecule has 0 saturated carbocycles. The van der Waals surface area contributed by atoms with E-state index >= 15 is 0 Å². The van der Waals surface area contributed by atoms with Gasteiger partial charge in [0.25, 0.3) is 5.91 Å². The zero-order valence-electron chi connectivity index (χ0n) is 12.1. The van der Waals surface area contributed by atoms with Crippen LogP contribution in [0.5, 0.6) is 5.75 Å². The number of nitrogen functional groups attached to an aromatic ring is 1. The topological polar surface area (TPSA) is 67.6 Å². The molecule has 1 aromatic rings. The summed E-state index contributed by atoms with van der Waals surface area (Å²) in [5.41, 5.74) is 6.44. The van der Waals surface area contributed by atoms with E-state index in [-0.39, 0.29) is 5.91 Å². The number of ether oxygens (including phenoxy) is 1. The lowest BCUT2D eigenvalue weighted by atomic mass is 10.3. The molecule has 1 heterocycles. The number of carbonyl (C=O) groups is 1. The number of nitrogens with zero attached hydrogens (tertiary/aromatic N) is 1. The Balaban J connectivity index is 3.14. The van der Waals surface area contributed by atoms with Gasteiger partial charge in [0.05, 0.1) is 7.11 Å². The Morgan fingerprint density at radius 2 is 2.16 bits per heavy atom. The summed E-state index contributed by atoms with van der Waals surface area (Å²) in [4.78, 5) is 14.5. The summed E-state index contributed by atoms with van der Waals surface area (Å²) in [6, 6.07) is 0. The molecule has 0 spiro atoms. The van der Waals surface area contributed by atoms with Crippen LogP contribution in [0, 0.1) is 0 Å². The quantitative estimate of drug-likeness (QED) is 0.807. The first-order valence-corrected chi connectivity index (χ1v) is 7.35. The first kappa shape index (κ1) is 15.6. The van der Waals surface area contributed by atoms with Gasteiger partial charge in [-0.2, -0.15) is 0 Å². The Kier molecular flexibility index (Phi) is 5.95. The van der Waals surface area contributed by atoms with E-state index in [1.807, 2.05) is 0 Å². The Bertz CT molecular complexity index is 432. The number of hydrogen-bond donors (Lipinski definition) is 2. The van der Waals surface area contributed by atoms with Crippen LogP contribution < -0.4 is 20.7 Å². The zero-order valence-corrected chi connectivity index (χ0v) is 12.9. The van der Waals surface area contributed by atoms with Crippen molar-refractivity contribution in [2.24, 2.45) is 0 Å². The first-order chi connectivity index (χ1) is 9.10. The van der Waals surface area contributed by atoms with Crippen LogP contribution in [0.25, 0.3) is 0 Å². The third-order valence-corrected chi connectivity index (χ3v) is 4.22. The molecule has 19 heavy (non-hydrogen) atoms. The van der Waals surface area contributed by atoms with E-state index in [4.69, 9.17) is 10.5 Å². The Morgan fingerprint density at radius 1 is 1.47 bits per heavy atom. The van der Waals surface area contributed by atoms with Gasteiger partial charge in [-0.1, -0.05) is 13.3 Å². The number of hydrogen-bond acceptors (Lipinski definition) is 5. The van der Waals surface area contributed by atoms with Gasteiger partial charge in [-0.25, -0.2) is 0 Å². The maximum absolute atomic E-state index is 11.8. The number of methoxy groups -OCH3 is 1. The zero-order chi connectivity index (χ0) is 14.4. The molecule has 0 fully saturated rings. The molecular weight excluding hydrogens is 262 g/mol. The summed E-state index contributed by atoms with van der Waals surface area (Å²) >= 11 is 1.39. The Hall–Kier alpha value is -1.43. The lowest BCUT2D eigenvalue weighted by Gasteiger charge is -2.22. The summed E-state index contributed by atoms with van der Waals surface area (Å²) in [5, 5.41) is 3.54. The lowest BCUT2D eigenvalue weighted by molar-refractivity contribution is 0.0967. The molecule has 108 valence electrons. The van der Waals surface area contributed by atoms with Crippen molar-refractivity contribution in [3.63, 3.8) is 0 Å². The maximum atomic E-state index is 11.8. The minimum Gasteiger partial charge on any atom is -0.492 e. The predicted octanol–water partition coefficient (Wildman–Crippen LogP) is 2.32. The van der Waals surface area contributed by atoms with Crippen LogP contribution in [0.4, 0.5) is 10.7 Å². The van der Waals surface area contributed by atoms with Gasteiger partial charge in [-0.3, -0.25) is 4.79 Å². The standard InChI is InChI=1S/C13H23N3O2S/c1-5-7-8-16(6-2)13-10(18-4)9(14)11(19-13)12(17)15-3/h5-8,14H2,1-4H3,(H,15,17). The molecule has 5 nitrogen and oxygen atoms in total. The van der Waals surface area contributed by atoms with Gasteiger partial charge in [-0.15, -0.1) is 11.3 Å². The van der Waals surface area contributed by atoms with E-state index in [1.54, 1.807) is 14.2 Å². The molecule has 0 atom stereocenters. The van der Waals surface area contributed by atoms with E-state index < -0.39 is 0 Å². The molecule has 0 bridgehead atoms. The van der Waals surface area contributed by atoms with Crippen molar-refractivity contribution in [1.29, 1.82) is 0 Å². The average molecular weight is 285 g/mol. The lowest BCUT2D eigenvalue weighted by Crippen LogP contribution is -2.23. The highest BCUT2D eigenvalue weighted by Crippen LogP contribution is 2.44. The number of unbranched alkanes of at least 4 members (excludes halogenated alkanes) is 1. The third kappa shape index (κ3) is 3.32. The second-order valence-corrected chi connectivity index (χ2v) is 5.19. The molecule has 0 aliphatic rings. The normalized spacial score (nSPS) is 10.3. The number of anilines is 2. The van der Waals surface area contributed by atoms with Crippen molar-refractivity contribution >= 4 is 27.9 Å². The number of nitrogens with two attached hydrogens (primary N) is 1. The second-order valence-electron chi connectivity index (χ2n) is 4.20. The van der Waals surface area contributed by atoms with E-state index in [0.29, 0.717) is 16.3 Å². The Morgan fingerprint density at radius 3 is 2.63 bits per heavy atom.